The second-order valence-electron chi connectivity index (χ2n) is 5.79. The zero-order valence-electron chi connectivity index (χ0n) is 14.6. The molecular weight excluding hydrogens is 338 g/mol. The number of hydrogen-bond acceptors (Lipinski definition) is 4. The van der Waals surface area contributed by atoms with Crippen LogP contribution in [0.15, 0.2) is 72.0 Å². The van der Waals surface area contributed by atoms with E-state index in [-0.39, 0.29) is 11.5 Å². The predicted molar refractivity (Wildman–Crippen MR) is 103 cm³/mol. The average molecular weight is 353 g/mol. The van der Waals surface area contributed by atoms with Crippen LogP contribution in [0, 0.1) is 22.7 Å². The molecule has 130 valence electrons. The number of carbonyl (C=O) groups is 1. The molecule has 1 amide bonds. The highest BCUT2D eigenvalue weighted by molar-refractivity contribution is 5.89. The van der Waals surface area contributed by atoms with Gasteiger partial charge in [-0.25, -0.2) is 0 Å². The molecule has 5 nitrogen and oxygen atoms in total. The average Bonchev–Trinajstić information content (AvgIpc) is 2.68. The topological polar surface area (TPSA) is 85.9 Å². The molecule has 1 N–H and O–H groups in total. The third-order valence-electron chi connectivity index (χ3n) is 3.86. The number of nitrogens with zero attached hydrogens (tertiary/aromatic N) is 2. The van der Waals surface area contributed by atoms with Crippen LogP contribution in [0.5, 0.6) is 5.75 Å². The summed E-state index contributed by atoms with van der Waals surface area (Å²) in [5.41, 5.74) is 2.93. The zero-order valence-corrected chi connectivity index (χ0v) is 14.6. The number of anilines is 1. The van der Waals surface area contributed by atoms with Crippen LogP contribution < -0.4 is 10.1 Å². The first-order valence-corrected chi connectivity index (χ1v) is 8.20. The van der Waals surface area contributed by atoms with Crippen LogP contribution in [0.1, 0.15) is 18.1 Å². The summed E-state index contributed by atoms with van der Waals surface area (Å²) in [6, 6.07) is 18.5. The Hall–Kier alpha value is -4.09. The first kappa shape index (κ1) is 17.7. The molecule has 0 radical (unpaired) electrons. The fraction of sp³-hybridized carbons (Fsp3) is 0.0455. The fourth-order valence-corrected chi connectivity index (χ4v) is 2.65. The van der Waals surface area contributed by atoms with Crippen molar-refractivity contribution in [3.8, 4) is 17.9 Å². The van der Waals surface area contributed by atoms with Crippen LogP contribution in [-0.4, -0.2) is 5.91 Å². The maximum absolute atomic E-state index is 11.1. The van der Waals surface area contributed by atoms with Gasteiger partial charge in [0.1, 0.15) is 29.2 Å². The van der Waals surface area contributed by atoms with Crippen LogP contribution in [0.3, 0.4) is 0 Å². The van der Waals surface area contributed by atoms with Crippen molar-refractivity contribution in [3.05, 3.63) is 83.1 Å². The number of ether oxygens (including phenoxy) is 1. The smallest absolute Gasteiger partial charge is 0.221 e. The Morgan fingerprint density at radius 3 is 2.41 bits per heavy atom. The van der Waals surface area contributed by atoms with Gasteiger partial charge in [-0.05, 0) is 35.9 Å². The van der Waals surface area contributed by atoms with Crippen molar-refractivity contribution in [2.75, 3.05) is 5.32 Å². The monoisotopic (exact) mass is 353 g/mol. The zero-order chi connectivity index (χ0) is 19.2. The van der Waals surface area contributed by atoms with E-state index in [2.05, 4.69) is 5.32 Å². The highest BCUT2D eigenvalue weighted by atomic mass is 16.5. The van der Waals surface area contributed by atoms with E-state index in [4.69, 9.17) is 4.74 Å². The lowest BCUT2D eigenvalue weighted by Crippen LogP contribution is -2.05. The Labute approximate surface area is 157 Å². The Kier molecular flexibility index (Phi) is 5.16. The van der Waals surface area contributed by atoms with Gasteiger partial charge in [-0.15, -0.1) is 0 Å². The molecule has 0 spiro atoms. The summed E-state index contributed by atoms with van der Waals surface area (Å²) in [7, 11) is 0. The molecule has 0 aliphatic carbocycles. The molecule has 0 aromatic heterocycles. The summed E-state index contributed by atoms with van der Waals surface area (Å²) in [4.78, 5) is 11.1. The van der Waals surface area contributed by atoms with Crippen LogP contribution in [0.25, 0.3) is 11.6 Å². The molecule has 1 aliphatic heterocycles. The molecule has 0 saturated carbocycles. The molecule has 0 bridgehead atoms. The molecule has 1 heterocycles. The third-order valence-corrected chi connectivity index (χ3v) is 3.86. The summed E-state index contributed by atoms with van der Waals surface area (Å²) in [6.07, 6.45) is 5.31. The Balaban J connectivity index is 1.90. The van der Waals surface area contributed by atoms with Gasteiger partial charge in [-0.3, -0.25) is 4.79 Å². The summed E-state index contributed by atoms with van der Waals surface area (Å²) >= 11 is 0. The van der Waals surface area contributed by atoms with E-state index in [1.807, 2.05) is 48.5 Å². The van der Waals surface area contributed by atoms with Gasteiger partial charge < -0.3 is 10.1 Å². The largest absolute Gasteiger partial charge is 0.457 e. The third kappa shape index (κ3) is 4.12. The van der Waals surface area contributed by atoms with Crippen molar-refractivity contribution in [3.63, 3.8) is 0 Å². The van der Waals surface area contributed by atoms with Gasteiger partial charge >= 0.3 is 0 Å². The lowest BCUT2D eigenvalue weighted by Gasteiger charge is -2.18. The first-order chi connectivity index (χ1) is 13.1. The number of nitrogens with one attached hydrogen (secondary N) is 1. The van der Waals surface area contributed by atoms with Crippen molar-refractivity contribution in [2.45, 2.75) is 6.92 Å². The van der Waals surface area contributed by atoms with Gasteiger partial charge in [0.05, 0.1) is 0 Å². The molecule has 27 heavy (non-hydrogen) atoms. The highest BCUT2D eigenvalue weighted by Gasteiger charge is 2.18. The number of rotatable bonds is 3. The normalized spacial score (nSPS) is 12.3. The van der Waals surface area contributed by atoms with Crippen molar-refractivity contribution >= 4 is 23.2 Å². The van der Waals surface area contributed by atoms with Crippen LogP contribution in [0.2, 0.25) is 0 Å². The van der Waals surface area contributed by atoms with E-state index >= 15 is 0 Å². The van der Waals surface area contributed by atoms with E-state index < -0.39 is 0 Å². The van der Waals surface area contributed by atoms with Gasteiger partial charge in [-0.2, -0.15) is 10.5 Å². The number of benzene rings is 2. The summed E-state index contributed by atoms with van der Waals surface area (Å²) in [6.45, 7) is 1.46. The number of nitriles is 2. The van der Waals surface area contributed by atoms with E-state index in [1.54, 1.807) is 30.4 Å². The maximum Gasteiger partial charge on any atom is 0.221 e. The number of hydrogen-bond donors (Lipinski definition) is 1. The highest BCUT2D eigenvalue weighted by Crippen LogP contribution is 2.35. The second-order valence-corrected chi connectivity index (χ2v) is 5.79. The maximum atomic E-state index is 11.1. The van der Waals surface area contributed by atoms with Crippen molar-refractivity contribution in [2.24, 2.45) is 0 Å². The molecule has 2 aromatic rings. The van der Waals surface area contributed by atoms with Gasteiger partial charge in [0, 0.05) is 23.7 Å². The second kappa shape index (κ2) is 7.86. The Morgan fingerprint density at radius 1 is 1.04 bits per heavy atom. The molecule has 0 unspecified atom stereocenters. The Morgan fingerprint density at radius 2 is 1.74 bits per heavy atom. The molecule has 0 fully saturated rings. The van der Waals surface area contributed by atoms with Crippen LogP contribution in [0.4, 0.5) is 5.69 Å². The number of para-hydroxylation sites is 1. The molecule has 3 rings (SSSR count). The van der Waals surface area contributed by atoms with Gasteiger partial charge in [0.2, 0.25) is 5.91 Å². The lowest BCUT2D eigenvalue weighted by atomic mass is 9.97. The fourth-order valence-electron chi connectivity index (χ4n) is 2.65. The molecule has 5 heteroatoms. The van der Waals surface area contributed by atoms with Gasteiger partial charge in [0.25, 0.3) is 0 Å². The van der Waals surface area contributed by atoms with E-state index in [0.717, 1.165) is 11.3 Å². The quantitative estimate of drug-likeness (QED) is 0.827. The molecule has 0 atom stereocenters. The standard InChI is InChI=1S/C22H15N3O2/c1-15(26)25-18-9-6-16(7-10-18)8-11-19-12-21(17(13-23)14-24)20-4-2-3-5-22(20)27-19/h2-12H,1H3,(H,25,26)/b11-8+. The molecule has 1 aliphatic rings. The van der Waals surface area contributed by atoms with Crippen LogP contribution in [-0.2, 0) is 4.79 Å². The SMILES string of the molecule is CC(=O)Nc1ccc(/C=C/C2=CC(=C(C#N)C#N)c3ccccc3O2)cc1. The molecular formula is C22H15N3O2. The van der Waals surface area contributed by atoms with E-state index in [0.29, 0.717) is 22.6 Å². The summed E-state index contributed by atoms with van der Waals surface area (Å²) < 4.78 is 5.86. The lowest BCUT2D eigenvalue weighted by molar-refractivity contribution is -0.114. The number of allylic oxidation sites excluding steroid dienone is 4. The molecule has 2 aromatic carbocycles. The van der Waals surface area contributed by atoms with E-state index in [9.17, 15) is 15.3 Å². The van der Waals surface area contributed by atoms with Crippen LogP contribution >= 0.6 is 0 Å². The van der Waals surface area contributed by atoms with Crippen molar-refractivity contribution < 1.29 is 9.53 Å². The van der Waals surface area contributed by atoms with Gasteiger partial charge in [0.15, 0.2) is 0 Å². The first-order valence-electron chi connectivity index (χ1n) is 8.20. The van der Waals surface area contributed by atoms with Gasteiger partial charge in [-0.1, -0.05) is 36.4 Å². The number of carbonyl (C=O) groups excluding carboxylic acids is 1. The molecule has 0 saturated heterocycles. The minimum absolute atomic E-state index is 0.0383. The number of fused-ring (bicyclic) bond motifs is 1. The van der Waals surface area contributed by atoms with Crippen molar-refractivity contribution in [1.29, 1.82) is 10.5 Å². The number of amides is 1. The minimum Gasteiger partial charge on any atom is -0.457 e. The summed E-state index contributed by atoms with van der Waals surface area (Å²) in [5, 5.41) is 21.2. The van der Waals surface area contributed by atoms with Crippen molar-refractivity contribution in [1.82, 2.24) is 0 Å². The summed E-state index contributed by atoms with van der Waals surface area (Å²) in [5.74, 6) is 0.999. The van der Waals surface area contributed by atoms with E-state index in [1.165, 1.54) is 6.92 Å². The Bertz CT molecular complexity index is 1050. The minimum atomic E-state index is -0.122. The predicted octanol–water partition coefficient (Wildman–Crippen LogP) is 4.44.